The van der Waals surface area contributed by atoms with Crippen molar-refractivity contribution in [2.45, 2.75) is 40.3 Å². The van der Waals surface area contributed by atoms with Gasteiger partial charge in [-0.2, -0.15) is 5.10 Å². The lowest BCUT2D eigenvalue weighted by molar-refractivity contribution is 0.0697. The Bertz CT molecular complexity index is 662. The van der Waals surface area contributed by atoms with Gasteiger partial charge in [0.25, 0.3) is 0 Å². The van der Waals surface area contributed by atoms with Crippen molar-refractivity contribution in [3.05, 3.63) is 46.8 Å². The van der Waals surface area contributed by atoms with Gasteiger partial charge in [-0.25, -0.2) is 4.79 Å². The van der Waals surface area contributed by atoms with Gasteiger partial charge in [-0.15, -0.1) is 0 Å². The number of benzene rings is 1. The van der Waals surface area contributed by atoms with Gasteiger partial charge in [0, 0.05) is 23.5 Å². The first kappa shape index (κ1) is 15.1. The van der Waals surface area contributed by atoms with Crippen molar-refractivity contribution < 1.29 is 9.90 Å². The first-order valence-electron chi connectivity index (χ1n) is 7.07. The summed E-state index contributed by atoms with van der Waals surface area (Å²) >= 11 is 0. The van der Waals surface area contributed by atoms with Gasteiger partial charge in [0.15, 0.2) is 0 Å². The van der Waals surface area contributed by atoms with Crippen LogP contribution >= 0.6 is 0 Å². The number of hydrogen-bond acceptors (Lipinski definition) is 3. The summed E-state index contributed by atoms with van der Waals surface area (Å²) in [5.74, 6) is -0.919. The van der Waals surface area contributed by atoms with Crippen molar-refractivity contribution in [1.29, 1.82) is 0 Å². The van der Waals surface area contributed by atoms with E-state index in [-0.39, 0.29) is 11.6 Å². The molecule has 1 aromatic heterocycles. The second-order valence-corrected chi connectivity index (χ2v) is 5.15. The summed E-state index contributed by atoms with van der Waals surface area (Å²) in [4.78, 5) is 11.0. The highest BCUT2D eigenvalue weighted by Gasteiger charge is 2.17. The second kappa shape index (κ2) is 5.99. The Balaban J connectivity index is 2.26. The van der Waals surface area contributed by atoms with E-state index in [2.05, 4.69) is 31.2 Å². The molecule has 0 saturated carbocycles. The zero-order valence-electron chi connectivity index (χ0n) is 12.8. The monoisotopic (exact) mass is 287 g/mol. The van der Waals surface area contributed by atoms with Gasteiger partial charge in [-0.1, -0.05) is 6.07 Å². The molecule has 0 aliphatic carbocycles. The van der Waals surface area contributed by atoms with Gasteiger partial charge in [-0.05, 0) is 45.9 Å². The Kier molecular flexibility index (Phi) is 4.31. The molecule has 1 atom stereocenters. The minimum absolute atomic E-state index is 0.0642. The van der Waals surface area contributed by atoms with Crippen LogP contribution in [-0.2, 0) is 6.54 Å². The smallest absolute Gasteiger partial charge is 0.335 e. The summed E-state index contributed by atoms with van der Waals surface area (Å²) in [6.07, 6.45) is 0. The number of carboxylic acids is 1. The van der Waals surface area contributed by atoms with Gasteiger partial charge in [0.1, 0.15) is 0 Å². The van der Waals surface area contributed by atoms with Crippen molar-refractivity contribution in [1.82, 2.24) is 9.78 Å². The van der Waals surface area contributed by atoms with E-state index in [0.717, 1.165) is 29.2 Å². The minimum atomic E-state index is -0.919. The normalized spacial score (nSPS) is 12.2. The summed E-state index contributed by atoms with van der Waals surface area (Å²) in [6, 6.07) is 6.91. The molecule has 0 spiro atoms. The fraction of sp³-hybridized carbons (Fsp3) is 0.375. The lowest BCUT2D eigenvalue weighted by Crippen LogP contribution is -2.10. The molecule has 1 aromatic carbocycles. The summed E-state index contributed by atoms with van der Waals surface area (Å²) in [7, 11) is 0. The van der Waals surface area contributed by atoms with Crippen LogP contribution in [0.2, 0.25) is 0 Å². The van der Waals surface area contributed by atoms with E-state index >= 15 is 0 Å². The van der Waals surface area contributed by atoms with Gasteiger partial charge in [0.2, 0.25) is 0 Å². The maximum Gasteiger partial charge on any atom is 0.335 e. The molecule has 0 amide bonds. The van der Waals surface area contributed by atoms with Gasteiger partial charge in [0.05, 0.1) is 17.3 Å². The van der Waals surface area contributed by atoms with Crippen LogP contribution in [0.3, 0.4) is 0 Å². The number of aromatic nitrogens is 2. The number of carbonyl (C=O) groups is 1. The predicted octanol–water partition coefficient (Wildman–Crippen LogP) is 3.39. The number of carboxylic acid groups (broad SMARTS) is 1. The number of nitrogens with zero attached hydrogens (tertiary/aromatic N) is 2. The van der Waals surface area contributed by atoms with Crippen LogP contribution in [0.25, 0.3) is 0 Å². The highest BCUT2D eigenvalue weighted by Crippen LogP contribution is 2.25. The predicted molar refractivity (Wildman–Crippen MR) is 82.8 cm³/mol. The van der Waals surface area contributed by atoms with Gasteiger partial charge in [-0.3, -0.25) is 4.68 Å². The third kappa shape index (κ3) is 3.07. The van der Waals surface area contributed by atoms with Crippen LogP contribution in [0.4, 0.5) is 5.69 Å². The van der Waals surface area contributed by atoms with Crippen molar-refractivity contribution >= 4 is 11.7 Å². The lowest BCUT2D eigenvalue weighted by atomic mass is 10.1. The van der Waals surface area contributed by atoms with Crippen molar-refractivity contribution in [3.8, 4) is 0 Å². The third-order valence-electron chi connectivity index (χ3n) is 3.66. The van der Waals surface area contributed by atoms with E-state index in [1.54, 1.807) is 18.2 Å². The first-order chi connectivity index (χ1) is 9.93. The molecular weight excluding hydrogens is 266 g/mol. The number of aryl methyl sites for hydroxylation is 2. The van der Waals surface area contributed by atoms with Crippen LogP contribution in [0.15, 0.2) is 24.3 Å². The number of anilines is 1. The summed E-state index contributed by atoms with van der Waals surface area (Å²) in [6.45, 7) is 9.03. The van der Waals surface area contributed by atoms with E-state index < -0.39 is 5.97 Å². The molecule has 0 radical (unpaired) electrons. The number of aromatic carboxylic acids is 1. The number of rotatable bonds is 5. The Morgan fingerprint density at radius 2 is 2.14 bits per heavy atom. The van der Waals surface area contributed by atoms with Crippen molar-refractivity contribution in [2.75, 3.05) is 5.32 Å². The SMILES string of the molecule is CCn1nc(C)c(C(C)Nc2cccc(C(=O)O)c2)c1C. The van der Waals surface area contributed by atoms with Crippen LogP contribution in [0.5, 0.6) is 0 Å². The molecule has 1 heterocycles. The van der Waals surface area contributed by atoms with E-state index in [4.69, 9.17) is 5.11 Å². The van der Waals surface area contributed by atoms with Crippen LogP contribution in [-0.4, -0.2) is 20.9 Å². The standard InChI is InChI=1S/C16H21N3O2/c1-5-19-12(4)15(11(3)18-19)10(2)17-14-8-6-7-13(9-14)16(20)21/h6-10,17H,5H2,1-4H3,(H,20,21). The summed E-state index contributed by atoms with van der Waals surface area (Å²) in [5.41, 5.74) is 4.39. The highest BCUT2D eigenvalue weighted by molar-refractivity contribution is 5.88. The Labute approximate surface area is 124 Å². The van der Waals surface area contributed by atoms with Crippen LogP contribution in [0, 0.1) is 13.8 Å². The van der Waals surface area contributed by atoms with Crippen LogP contribution < -0.4 is 5.32 Å². The third-order valence-corrected chi connectivity index (χ3v) is 3.66. The summed E-state index contributed by atoms with van der Waals surface area (Å²) < 4.78 is 1.98. The second-order valence-electron chi connectivity index (χ2n) is 5.15. The van der Waals surface area contributed by atoms with E-state index in [1.807, 2.05) is 17.7 Å². The number of nitrogens with one attached hydrogen (secondary N) is 1. The van der Waals surface area contributed by atoms with Gasteiger partial charge >= 0.3 is 5.97 Å². The zero-order valence-corrected chi connectivity index (χ0v) is 12.8. The first-order valence-corrected chi connectivity index (χ1v) is 7.07. The van der Waals surface area contributed by atoms with E-state index in [9.17, 15) is 4.79 Å². The largest absolute Gasteiger partial charge is 0.478 e. The van der Waals surface area contributed by atoms with E-state index in [0.29, 0.717) is 0 Å². The maximum atomic E-state index is 11.0. The topological polar surface area (TPSA) is 67.2 Å². The molecule has 2 aromatic rings. The van der Waals surface area contributed by atoms with Crippen molar-refractivity contribution in [3.63, 3.8) is 0 Å². The molecule has 112 valence electrons. The molecule has 2 N–H and O–H groups in total. The molecule has 1 unspecified atom stereocenters. The van der Waals surface area contributed by atoms with Gasteiger partial charge < -0.3 is 10.4 Å². The number of hydrogen-bond donors (Lipinski definition) is 2. The molecule has 5 heteroatoms. The summed E-state index contributed by atoms with van der Waals surface area (Å²) in [5, 5.41) is 16.9. The Morgan fingerprint density at radius 1 is 1.43 bits per heavy atom. The lowest BCUT2D eigenvalue weighted by Gasteiger charge is -2.16. The molecule has 5 nitrogen and oxygen atoms in total. The molecule has 0 aliphatic rings. The molecule has 0 aliphatic heterocycles. The fourth-order valence-electron chi connectivity index (χ4n) is 2.71. The molecule has 2 rings (SSSR count). The molecule has 0 saturated heterocycles. The highest BCUT2D eigenvalue weighted by atomic mass is 16.4. The van der Waals surface area contributed by atoms with Crippen molar-refractivity contribution in [2.24, 2.45) is 0 Å². The minimum Gasteiger partial charge on any atom is -0.478 e. The average molecular weight is 287 g/mol. The zero-order chi connectivity index (χ0) is 15.6. The quantitative estimate of drug-likeness (QED) is 0.884. The maximum absolute atomic E-state index is 11.0. The average Bonchev–Trinajstić information content (AvgIpc) is 2.73. The fourth-order valence-corrected chi connectivity index (χ4v) is 2.71. The molecule has 21 heavy (non-hydrogen) atoms. The Hall–Kier alpha value is -2.30. The van der Waals surface area contributed by atoms with E-state index in [1.165, 1.54) is 0 Å². The molecule has 0 bridgehead atoms. The Morgan fingerprint density at radius 3 is 2.71 bits per heavy atom. The van der Waals surface area contributed by atoms with Crippen LogP contribution in [0.1, 0.15) is 47.2 Å². The molecular formula is C16H21N3O2. The molecule has 0 fully saturated rings.